The van der Waals surface area contributed by atoms with Gasteiger partial charge in [0.1, 0.15) is 35.5 Å². The topological polar surface area (TPSA) is 179 Å². The summed E-state index contributed by atoms with van der Waals surface area (Å²) in [6.07, 6.45) is 8.01. The van der Waals surface area contributed by atoms with Gasteiger partial charge in [0.05, 0.1) is 10.5 Å². The van der Waals surface area contributed by atoms with E-state index in [-0.39, 0.29) is 16.9 Å². The second kappa shape index (κ2) is 13.0. The highest BCUT2D eigenvalue weighted by Gasteiger charge is 2.37. The minimum absolute atomic E-state index is 0.0208. The largest absolute Gasteiger partial charge is 0.480 e. The van der Waals surface area contributed by atoms with Gasteiger partial charge >= 0.3 is 5.97 Å². The molecule has 5 N–H and O–H groups in total. The number of carboxylic acids is 1. The lowest BCUT2D eigenvalue weighted by atomic mass is 9.82. The molecule has 0 aromatic heterocycles. The Labute approximate surface area is 297 Å². The number of carbonyl (C=O) groups is 1. The van der Waals surface area contributed by atoms with Crippen LogP contribution in [0.3, 0.4) is 0 Å². The Kier molecular flexibility index (Phi) is 8.73. The van der Waals surface area contributed by atoms with Gasteiger partial charge in [0.2, 0.25) is 15.4 Å². The maximum Gasteiger partial charge on any atom is 0.321 e. The third kappa shape index (κ3) is 5.94. The number of hydrogen-bond donors (Lipinski definition) is 4. The maximum atomic E-state index is 13.9. The van der Waals surface area contributed by atoms with Crippen LogP contribution in [0.2, 0.25) is 0 Å². The fraction of sp³-hybridized carbons (Fsp3) is 0.459. The number of anilines is 1. The molecule has 5 aliphatic heterocycles. The van der Waals surface area contributed by atoms with Crippen molar-refractivity contribution in [1.29, 1.82) is 0 Å². The zero-order valence-corrected chi connectivity index (χ0v) is 30.0. The number of hydrogen-bond acceptors (Lipinski definition) is 8. The zero-order valence-electron chi connectivity index (χ0n) is 28.4. The van der Waals surface area contributed by atoms with Gasteiger partial charge in [-0.2, -0.15) is 13.1 Å². The second-order valence-electron chi connectivity index (χ2n) is 14.3. The molecule has 3 aromatic rings. The van der Waals surface area contributed by atoms with Crippen LogP contribution in [0.1, 0.15) is 78.3 Å². The normalized spacial score (nSPS) is 18.3. The summed E-state index contributed by atoms with van der Waals surface area (Å²) in [5, 5.41) is 11.7. The number of sulfonamides is 1. The van der Waals surface area contributed by atoms with Gasteiger partial charge in [-0.05, 0) is 93.8 Å². The molecule has 0 saturated carbocycles. The summed E-state index contributed by atoms with van der Waals surface area (Å²) in [6, 6.07) is 6.16. The number of unbranched alkanes of at least 4 members (excludes halogenated alkanes) is 1. The predicted molar refractivity (Wildman–Crippen MR) is 191 cm³/mol. The summed E-state index contributed by atoms with van der Waals surface area (Å²) in [5.41, 5.74) is 12.3. The Morgan fingerprint density at radius 3 is 2.37 bits per heavy atom. The van der Waals surface area contributed by atoms with Crippen LogP contribution in [-0.2, 0) is 50.6 Å². The number of nitrogens with one attached hydrogen (secondary N) is 1. The number of rotatable bonds is 10. The minimum atomic E-state index is -4.86. The first-order valence-corrected chi connectivity index (χ1v) is 20.9. The van der Waals surface area contributed by atoms with E-state index >= 15 is 0 Å². The van der Waals surface area contributed by atoms with Crippen LogP contribution in [0, 0.1) is 0 Å². The predicted octanol–water partition coefficient (Wildman–Crippen LogP) is 2.23. The van der Waals surface area contributed by atoms with E-state index < -0.39 is 37.0 Å². The van der Waals surface area contributed by atoms with Crippen LogP contribution in [0.15, 0.2) is 40.1 Å². The quantitative estimate of drug-likeness (QED) is 0.107. The Hall–Kier alpha value is -3.82. The lowest BCUT2D eigenvalue weighted by Gasteiger charge is -2.39. The van der Waals surface area contributed by atoms with Crippen molar-refractivity contribution in [1.82, 2.24) is 9.30 Å². The molecule has 1 unspecified atom stereocenters. The second-order valence-corrected chi connectivity index (χ2v) is 17.4. The van der Waals surface area contributed by atoms with Crippen LogP contribution >= 0.6 is 0 Å². The summed E-state index contributed by atoms with van der Waals surface area (Å²) in [6.45, 7) is 4.13. The fourth-order valence-electron chi connectivity index (χ4n) is 8.88. The number of ether oxygens (including phenoxy) is 1. The molecule has 270 valence electrons. The van der Waals surface area contributed by atoms with Crippen LogP contribution in [0.4, 0.5) is 5.69 Å². The Morgan fingerprint density at radius 1 is 0.902 bits per heavy atom. The molecular formula is C37H43N4O8S2+. The van der Waals surface area contributed by atoms with Gasteiger partial charge in [-0.1, -0.05) is 6.42 Å². The molecule has 3 aromatic carbocycles. The van der Waals surface area contributed by atoms with Gasteiger partial charge in [-0.25, -0.2) is 13.0 Å². The molecule has 51 heavy (non-hydrogen) atoms. The van der Waals surface area contributed by atoms with E-state index in [4.69, 9.17) is 10.5 Å². The van der Waals surface area contributed by atoms with Gasteiger partial charge < -0.3 is 20.5 Å². The highest BCUT2D eigenvalue weighted by atomic mass is 32.2. The van der Waals surface area contributed by atoms with Gasteiger partial charge in [0.15, 0.2) is 0 Å². The van der Waals surface area contributed by atoms with Crippen LogP contribution in [0.5, 0.6) is 11.5 Å². The first-order valence-electron chi connectivity index (χ1n) is 18.0. The van der Waals surface area contributed by atoms with E-state index in [0.717, 1.165) is 112 Å². The highest BCUT2D eigenvalue weighted by molar-refractivity contribution is 7.89. The van der Waals surface area contributed by atoms with Crippen molar-refractivity contribution in [3.63, 3.8) is 0 Å². The van der Waals surface area contributed by atoms with Crippen molar-refractivity contribution in [2.45, 2.75) is 86.5 Å². The lowest BCUT2D eigenvalue weighted by Crippen LogP contribution is -2.45. The molecular weight excluding hydrogens is 693 g/mol. The van der Waals surface area contributed by atoms with Gasteiger partial charge in [0, 0.05) is 64.7 Å². The lowest BCUT2D eigenvalue weighted by molar-refractivity contribution is -0.139. The first kappa shape index (κ1) is 34.3. The number of aryl methyl sites for hydroxylation is 2. The number of aliphatic carboxylic acids is 1. The Balaban J connectivity index is 1.43. The molecule has 5 aliphatic rings. The number of carboxylic acid groups (broad SMARTS) is 1. The van der Waals surface area contributed by atoms with Crippen molar-refractivity contribution in [2.75, 3.05) is 37.6 Å². The molecule has 14 heteroatoms. The SMILES string of the molecule is NCCCCC(NS(=O)(=O)c1ccc(S(=O)(=O)O)c(C2=c3cc4c5c(c3Oc3c2cc2c6c3CCCN6CCC2)CCC[N+]=5CCC4)c1)C(=O)O. The van der Waals surface area contributed by atoms with E-state index in [1.54, 1.807) is 0 Å². The molecule has 0 amide bonds. The van der Waals surface area contributed by atoms with Crippen LogP contribution < -0.4 is 35.2 Å². The molecule has 0 radical (unpaired) electrons. The minimum Gasteiger partial charge on any atom is -0.480 e. The molecule has 0 bridgehead atoms. The smallest absolute Gasteiger partial charge is 0.321 e. The molecule has 1 atom stereocenters. The van der Waals surface area contributed by atoms with E-state index in [0.29, 0.717) is 47.2 Å². The third-order valence-electron chi connectivity index (χ3n) is 11.0. The molecule has 0 spiro atoms. The van der Waals surface area contributed by atoms with Crippen molar-refractivity contribution >= 4 is 37.4 Å². The molecule has 0 fully saturated rings. The van der Waals surface area contributed by atoms with E-state index in [1.165, 1.54) is 17.1 Å². The Morgan fingerprint density at radius 2 is 1.63 bits per heavy atom. The summed E-state index contributed by atoms with van der Waals surface area (Å²) in [5.74, 6) is -0.0383. The number of nitrogens with two attached hydrogens (primary N) is 1. The zero-order chi connectivity index (χ0) is 35.7. The summed E-state index contributed by atoms with van der Waals surface area (Å²) < 4.78 is 76.5. The summed E-state index contributed by atoms with van der Waals surface area (Å²) in [4.78, 5) is 13.8. The van der Waals surface area contributed by atoms with Gasteiger partial charge in [0.25, 0.3) is 10.1 Å². The maximum absolute atomic E-state index is 13.9. The standard InChI is InChI=1S/C37H42N4O8S2/c38-14-2-1-11-30(37(42)43)39-50(44,45)24-12-13-31(51(46,47)48)27(21-24)32-28-19-22-7-3-15-40-17-5-9-25(33(22)40)35(28)49-36-26-10-6-18-41-16-4-8-23(34(26)41)20-29(32)36/h12-13,19-21,30,39H,1-11,14-18,38H2,(H-,42,43,46,47,48)/p+1. The average Bonchev–Trinajstić information content (AvgIpc) is 3.10. The van der Waals surface area contributed by atoms with Gasteiger partial charge in [-0.15, -0.1) is 0 Å². The number of fused-ring (bicyclic) bond motifs is 4. The molecule has 8 rings (SSSR count). The number of nitrogens with zero attached hydrogens (tertiary/aromatic N) is 2. The van der Waals surface area contributed by atoms with Gasteiger partial charge in [-0.3, -0.25) is 9.35 Å². The molecule has 5 heterocycles. The first-order chi connectivity index (χ1) is 24.5. The van der Waals surface area contributed by atoms with Crippen molar-refractivity contribution in [3.05, 3.63) is 74.3 Å². The van der Waals surface area contributed by atoms with Crippen molar-refractivity contribution in [3.8, 4) is 11.5 Å². The van der Waals surface area contributed by atoms with E-state index in [9.17, 15) is 31.3 Å². The van der Waals surface area contributed by atoms with Crippen LogP contribution in [0.25, 0.3) is 5.57 Å². The van der Waals surface area contributed by atoms with Crippen molar-refractivity contribution in [2.24, 2.45) is 5.73 Å². The van der Waals surface area contributed by atoms with E-state index in [1.807, 2.05) is 0 Å². The molecule has 0 saturated heterocycles. The molecule has 12 nitrogen and oxygen atoms in total. The third-order valence-corrected chi connectivity index (χ3v) is 13.4. The highest BCUT2D eigenvalue weighted by Crippen LogP contribution is 2.49. The summed E-state index contributed by atoms with van der Waals surface area (Å²) >= 11 is 0. The Bertz CT molecular complexity index is 2330. The number of benzene rings is 3. The fourth-order valence-corrected chi connectivity index (χ4v) is 10.8. The van der Waals surface area contributed by atoms with Crippen LogP contribution in [-0.4, -0.2) is 71.2 Å². The molecule has 0 aliphatic carbocycles. The summed E-state index contributed by atoms with van der Waals surface area (Å²) in [7, 11) is -9.33. The monoisotopic (exact) mass is 735 g/mol. The van der Waals surface area contributed by atoms with Crippen molar-refractivity contribution < 1.29 is 36.0 Å². The van der Waals surface area contributed by atoms with E-state index in [2.05, 4.69) is 26.3 Å². The average molecular weight is 736 g/mol.